The van der Waals surface area contributed by atoms with Crippen LogP contribution >= 0.6 is 0 Å². The minimum atomic E-state index is 0.783. The Morgan fingerprint density at radius 3 is 3.00 bits per heavy atom. The van der Waals surface area contributed by atoms with Crippen molar-refractivity contribution in [2.75, 3.05) is 6.54 Å². The molecule has 1 heterocycles. The zero-order chi connectivity index (χ0) is 11.0. The molecule has 1 fully saturated rings. The number of benzene rings is 1. The fourth-order valence-corrected chi connectivity index (χ4v) is 2.07. The minimum absolute atomic E-state index is 0.783. The second kappa shape index (κ2) is 3.95. The van der Waals surface area contributed by atoms with Crippen molar-refractivity contribution in [1.29, 1.82) is 0 Å². The summed E-state index contributed by atoms with van der Waals surface area (Å²) in [5, 5.41) is 4.73. The zero-order valence-electron chi connectivity index (χ0n) is 9.62. The van der Waals surface area contributed by atoms with Crippen molar-refractivity contribution in [3.8, 4) is 0 Å². The molecule has 0 bridgehead atoms. The van der Waals surface area contributed by atoms with Crippen molar-refractivity contribution >= 4 is 11.0 Å². The Morgan fingerprint density at radius 2 is 2.25 bits per heavy atom. The van der Waals surface area contributed by atoms with Gasteiger partial charge in [-0.3, -0.25) is 0 Å². The molecule has 1 aromatic carbocycles. The third-order valence-electron chi connectivity index (χ3n) is 3.17. The second-order valence-electron chi connectivity index (χ2n) is 4.68. The number of hydrogen-bond donors (Lipinski definition) is 1. The van der Waals surface area contributed by atoms with Gasteiger partial charge >= 0.3 is 0 Å². The Bertz CT molecular complexity index is 496. The van der Waals surface area contributed by atoms with Gasteiger partial charge in [0.15, 0.2) is 0 Å². The maximum Gasteiger partial charge on any atom is 0.137 e. The van der Waals surface area contributed by atoms with E-state index in [4.69, 9.17) is 4.42 Å². The molecule has 2 heteroatoms. The van der Waals surface area contributed by atoms with E-state index in [0.717, 1.165) is 30.4 Å². The third kappa shape index (κ3) is 1.98. The second-order valence-corrected chi connectivity index (χ2v) is 4.68. The van der Waals surface area contributed by atoms with Crippen LogP contribution in [0.1, 0.15) is 24.2 Å². The van der Waals surface area contributed by atoms with Crippen LogP contribution in [0.5, 0.6) is 0 Å². The maximum atomic E-state index is 5.86. The summed E-state index contributed by atoms with van der Waals surface area (Å²) in [5.41, 5.74) is 2.27. The van der Waals surface area contributed by atoms with Gasteiger partial charge in [-0.25, -0.2) is 0 Å². The monoisotopic (exact) mass is 215 g/mol. The molecule has 3 rings (SSSR count). The summed E-state index contributed by atoms with van der Waals surface area (Å²) in [6, 6.07) is 9.24. The molecule has 0 amide bonds. The highest BCUT2D eigenvalue weighted by Crippen LogP contribution is 2.23. The van der Waals surface area contributed by atoms with E-state index in [2.05, 4.69) is 36.5 Å². The standard InChI is InChI=1S/C14H17NO/c1-10-3-2-4-11-9-13(16-14(10)11)7-8-15-12-5-6-12/h2-4,9,12,15H,5-8H2,1H3. The number of rotatable bonds is 4. The molecule has 16 heavy (non-hydrogen) atoms. The molecule has 0 saturated heterocycles. The van der Waals surface area contributed by atoms with Crippen LogP contribution in [0.25, 0.3) is 11.0 Å². The van der Waals surface area contributed by atoms with Crippen molar-refractivity contribution in [3.63, 3.8) is 0 Å². The SMILES string of the molecule is Cc1cccc2cc(CCNC3CC3)oc12. The first-order valence-corrected chi connectivity index (χ1v) is 6.04. The van der Waals surface area contributed by atoms with Crippen LogP contribution in [0.4, 0.5) is 0 Å². The van der Waals surface area contributed by atoms with E-state index in [9.17, 15) is 0 Å². The van der Waals surface area contributed by atoms with Gasteiger partial charge < -0.3 is 9.73 Å². The summed E-state index contributed by atoms with van der Waals surface area (Å²) in [6.07, 6.45) is 3.68. The molecule has 0 radical (unpaired) electrons. The van der Waals surface area contributed by atoms with Crippen molar-refractivity contribution in [2.45, 2.75) is 32.2 Å². The quantitative estimate of drug-likeness (QED) is 0.848. The normalized spacial score (nSPS) is 15.8. The Kier molecular flexibility index (Phi) is 2.44. The number of aryl methyl sites for hydroxylation is 1. The molecule has 0 unspecified atom stereocenters. The van der Waals surface area contributed by atoms with Crippen LogP contribution in [-0.4, -0.2) is 12.6 Å². The summed E-state index contributed by atoms with van der Waals surface area (Å²) in [5.74, 6) is 1.09. The van der Waals surface area contributed by atoms with Crippen molar-refractivity contribution < 1.29 is 4.42 Å². The molecule has 1 aliphatic carbocycles. The topological polar surface area (TPSA) is 25.2 Å². The van der Waals surface area contributed by atoms with E-state index in [1.165, 1.54) is 23.8 Å². The van der Waals surface area contributed by atoms with E-state index in [1.54, 1.807) is 0 Å². The van der Waals surface area contributed by atoms with Crippen LogP contribution in [0.2, 0.25) is 0 Å². The summed E-state index contributed by atoms with van der Waals surface area (Å²) >= 11 is 0. The number of para-hydroxylation sites is 1. The van der Waals surface area contributed by atoms with Crippen LogP contribution in [0.15, 0.2) is 28.7 Å². The first kappa shape index (κ1) is 9.91. The van der Waals surface area contributed by atoms with Gasteiger partial charge in [0.2, 0.25) is 0 Å². The summed E-state index contributed by atoms with van der Waals surface area (Å²) in [4.78, 5) is 0. The molecule has 1 saturated carbocycles. The Balaban J connectivity index is 1.73. The van der Waals surface area contributed by atoms with E-state index in [0.29, 0.717) is 0 Å². The van der Waals surface area contributed by atoms with Gasteiger partial charge in [-0.15, -0.1) is 0 Å². The first-order valence-electron chi connectivity index (χ1n) is 6.04. The van der Waals surface area contributed by atoms with Crippen LogP contribution in [0, 0.1) is 6.92 Å². The average molecular weight is 215 g/mol. The Hall–Kier alpha value is -1.28. The van der Waals surface area contributed by atoms with Gasteiger partial charge in [-0.1, -0.05) is 18.2 Å². The molecule has 2 aromatic rings. The number of furan rings is 1. The van der Waals surface area contributed by atoms with Crippen molar-refractivity contribution in [3.05, 3.63) is 35.6 Å². The summed E-state index contributed by atoms with van der Waals surface area (Å²) in [6.45, 7) is 3.13. The minimum Gasteiger partial charge on any atom is -0.461 e. The molecule has 1 N–H and O–H groups in total. The highest BCUT2D eigenvalue weighted by atomic mass is 16.3. The number of hydrogen-bond acceptors (Lipinski definition) is 2. The van der Waals surface area contributed by atoms with E-state index in [-0.39, 0.29) is 0 Å². The summed E-state index contributed by atoms with van der Waals surface area (Å²) < 4.78 is 5.86. The first-order chi connectivity index (χ1) is 7.83. The molecule has 0 spiro atoms. The predicted molar refractivity (Wildman–Crippen MR) is 65.7 cm³/mol. The van der Waals surface area contributed by atoms with Gasteiger partial charge in [0.25, 0.3) is 0 Å². The van der Waals surface area contributed by atoms with Crippen molar-refractivity contribution in [1.82, 2.24) is 5.32 Å². The van der Waals surface area contributed by atoms with E-state index >= 15 is 0 Å². The van der Waals surface area contributed by atoms with Crippen LogP contribution in [0.3, 0.4) is 0 Å². The van der Waals surface area contributed by atoms with Crippen LogP contribution < -0.4 is 5.32 Å². The highest BCUT2D eigenvalue weighted by Gasteiger charge is 2.19. The predicted octanol–water partition coefficient (Wildman–Crippen LogP) is 3.04. The zero-order valence-corrected chi connectivity index (χ0v) is 9.62. The largest absolute Gasteiger partial charge is 0.461 e. The summed E-state index contributed by atoms with van der Waals surface area (Å²) in [7, 11) is 0. The molecule has 0 atom stereocenters. The molecule has 1 aromatic heterocycles. The Labute approximate surface area is 95.6 Å². The fourth-order valence-electron chi connectivity index (χ4n) is 2.07. The molecular weight excluding hydrogens is 198 g/mol. The van der Waals surface area contributed by atoms with Gasteiger partial charge in [0.1, 0.15) is 11.3 Å². The lowest BCUT2D eigenvalue weighted by atomic mass is 10.2. The fraction of sp³-hybridized carbons (Fsp3) is 0.429. The van der Waals surface area contributed by atoms with E-state index < -0.39 is 0 Å². The molecule has 84 valence electrons. The smallest absolute Gasteiger partial charge is 0.137 e. The van der Waals surface area contributed by atoms with E-state index in [1.807, 2.05) is 0 Å². The van der Waals surface area contributed by atoms with Crippen molar-refractivity contribution in [2.24, 2.45) is 0 Å². The van der Waals surface area contributed by atoms with Gasteiger partial charge in [0.05, 0.1) is 0 Å². The lowest BCUT2D eigenvalue weighted by molar-refractivity contribution is 0.530. The third-order valence-corrected chi connectivity index (χ3v) is 3.17. The number of nitrogens with one attached hydrogen (secondary N) is 1. The maximum absolute atomic E-state index is 5.86. The average Bonchev–Trinajstić information content (AvgIpc) is 2.98. The highest BCUT2D eigenvalue weighted by molar-refractivity contribution is 5.80. The van der Waals surface area contributed by atoms with Gasteiger partial charge in [0, 0.05) is 24.4 Å². The number of fused-ring (bicyclic) bond motifs is 1. The Morgan fingerprint density at radius 1 is 1.38 bits per heavy atom. The molecular formula is C14H17NO. The van der Waals surface area contributed by atoms with Crippen LogP contribution in [-0.2, 0) is 6.42 Å². The lowest BCUT2D eigenvalue weighted by Crippen LogP contribution is -2.18. The molecule has 0 aliphatic heterocycles. The molecule has 1 aliphatic rings. The van der Waals surface area contributed by atoms with Gasteiger partial charge in [-0.05, 0) is 31.4 Å². The van der Waals surface area contributed by atoms with Gasteiger partial charge in [-0.2, -0.15) is 0 Å². The molecule has 2 nitrogen and oxygen atoms in total. The lowest BCUT2D eigenvalue weighted by Gasteiger charge is -1.99.